The summed E-state index contributed by atoms with van der Waals surface area (Å²) in [5, 5.41) is 0. The molecular weight excluding hydrogens is 316 g/mol. The number of hydrogen-bond acceptors (Lipinski definition) is 4. The molecule has 5 heteroatoms. The van der Waals surface area contributed by atoms with Crippen LogP contribution in [0.5, 0.6) is 17.2 Å². The van der Waals surface area contributed by atoms with Gasteiger partial charge in [0.1, 0.15) is 17.2 Å². The van der Waals surface area contributed by atoms with Gasteiger partial charge >= 0.3 is 0 Å². The highest BCUT2D eigenvalue weighted by molar-refractivity contribution is 6.13. The van der Waals surface area contributed by atoms with E-state index in [1.165, 1.54) is 0 Å². The Kier molecular flexibility index (Phi) is 3.73. The smallest absolute Gasteiger partial charge is 0.259 e. The Labute approximate surface area is 147 Å². The van der Waals surface area contributed by atoms with Crippen LogP contribution in [0.15, 0.2) is 36.4 Å². The second-order valence-corrected chi connectivity index (χ2v) is 6.47. The molecule has 4 rings (SSSR count). The summed E-state index contributed by atoms with van der Waals surface area (Å²) in [4.78, 5) is 16.8. The number of carbonyl (C=O) groups excluding carboxylic acids is 1. The number of hydrogen-bond donors (Lipinski definition) is 0. The van der Waals surface area contributed by atoms with Crippen molar-refractivity contribution in [3.8, 4) is 17.2 Å². The van der Waals surface area contributed by atoms with Gasteiger partial charge in [-0.25, -0.2) is 0 Å². The molecule has 0 aliphatic carbocycles. The maximum absolute atomic E-state index is 12.9. The van der Waals surface area contributed by atoms with E-state index < -0.39 is 0 Å². The van der Waals surface area contributed by atoms with Crippen molar-refractivity contribution in [3.63, 3.8) is 0 Å². The molecule has 0 radical (unpaired) electrons. The minimum absolute atomic E-state index is 0.0277. The molecule has 2 aliphatic heterocycles. The standard InChI is InChI=1S/C20H20N2O3/c1-21(2)9-10-22-16-12-13-11-14(24-3)7-8-17(13)25-18-6-4-5-15(19(16)18)20(22)23/h4-8,11-12H,9-10H2,1-3H3. The van der Waals surface area contributed by atoms with Crippen molar-refractivity contribution in [1.29, 1.82) is 0 Å². The Bertz CT molecular complexity index is 887. The van der Waals surface area contributed by atoms with Crippen LogP contribution in [-0.4, -0.2) is 50.0 Å². The largest absolute Gasteiger partial charge is 0.497 e. The Morgan fingerprint density at radius 1 is 1.16 bits per heavy atom. The summed E-state index contributed by atoms with van der Waals surface area (Å²) >= 11 is 0. The van der Waals surface area contributed by atoms with Crippen molar-refractivity contribution < 1.29 is 14.3 Å². The van der Waals surface area contributed by atoms with Gasteiger partial charge in [-0.3, -0.25) is 4.79 Å². The molecule has 0 fully saturated rings. The van der Waals surface area contributed by atoms with Crippen molar-refractivity contribution in [3.05, 3.63) is 53.1 Å². The molecule has 0 saturated heterocycles. The Balaban J connectivity index is 1.87. The maximum atomic E-state index is 12.9. The van der Waals surface area contributed by atoms with Crippen molar-refractivity contribution >= 4 is 17.7 Å². The van der Waals surface area contributed by atoms with Crippen LogP contribution in [0.4, 0.5) is 0 Å². The van der Waals surface area contributed by atoms with Crippen LogP contribution in [-0.2, 0) is 0 Å². The lowest BCUT2D eigenvalue weighted by molar-refractivity contribution is 0.0844. The molecule has 0 saturated carbocycles. The molecular formula is C20H20N2O3. The zero-order valence-corrected chi connectivity index (χ0v) is 14.6. The van der Waals surface area contributed by atoms with E-state index in [9.17, 15) is 4.79 Å². The molecule has 25 heavy (non-hydrogen) atoms. The predicted octanol–water partition coefficient (Wildman–Crippen LogP) is 3.32. The Hall–Kier alpha value is -2.79. The molecule has 2 heterocycles. The fourth-order valence-electron chi connectivity index (χ4n) is 3.25. The SMILES string of the molecule is COc1ccc2c(c1)C=C1c3c(cccc3C(=O)N1CCN(C)C)O2. The zero-order valence-electron chi connectivity index (χ0n) is 14.6. The number of benzene rings is 2. The molecule has 2 aromatic rings. The lowest BCUT2D eigenvalue weighted by atomic mass is 10.1. The van der Waals surface area contributed by atoms with Crippen LogP contribution in [0.1, 0.15) is 21.5 Å². The molecule has 128 valence electrons. The number of ether oxygens (including phenoxy) is 2. The van der Waals surface area contributed by atoms with Gasteiger partial charge in [0, 0.05) is 18.7 Å². The fraction of sp³-hybridized carbons (Fsp3) is 0.250. The average Bonchev–Trinajstić information content (AvgIpc) is 2.76. The van der Waals surface area contributed by atoms with E-state index in [1.807, 2.05) is 61.5 Å². The normalized spacial score (nSPS) is 14.6. The van der Waals surface area contributed by atoms with Gasteiger partial charge in [0.05, 0.1) is 23.9 Å². The van der Waals surface area contributed by atoms with E-state index >= 15 is 0 Å². The first-order valence-electron chi connectivity index (χ1n) is 8.26. The van der Waals surface area contributed by atoms with Gasteiger partial charge in [0.25, 0.3) is 5.91 Å². The molecule has 2 aliphatic rings. The Morgan fingerprint density at radius 3 is 2.76 bits per heavy atom. The first-order chi connectivity index (χ1) is 12.1. The van der Waals surface area contributed by atoms with E-state index in [0.717, 1.165) is 34.9 Å². The summed E-state index contributed by atoms with van der Waals surface area (Å²) in [5.41, 5.74) is 3.37. The van der Waals surface area contributed by atoms with Gasteiger partial charge in [0.2, 0.25) is 0 Å². The second-order valence-electron chi connectivity index (χ2n) is 6.47. The number of fused-ring (bicyclic) bond motifs is 1. The number of carbonyl (C=O) groups is 1. The predicted molar refractivity (Wildman–Crippen MR) is 97.0 cm³/mol. The monoisotopic (exact) mass is 336 g/mol. The number of rotatable bonds is 4. The summed E-state index contributed by atoms with van der Waals surface area (Å²) in [7, 11) is 5.65. The molecule has 0 bridgehead atoms. The first-order valence-corrected chi connectivity index (χ1v) is 8.26. The highest BCUT2D eigenvalue weighted by Crippen LogP contribution is 2.45. The molecule has 0 unspecified atom stereocenters. The highest BCUT2D eigenvalue weighted by Gasteiger charge is 2.36. The van der Waals surface area contributed by atoms with Crippen LogP contribution in [0, 0.1) is 0 Å². The summed E-state index contributed by atoms with van der Waals surface area (Å²) in [6, 6.07) is 11.4. The third kappa shape index (κ3) is 2.57. The summed E-state index contributed by atoms with van der Waals surface area (Å²) in [6.07, 6.45) is 2.02. The highest BCUT2D eigenvalue weighted by atomic mass is 16.5. The molecule has 0 N–H and O–H groups in total. The van der Waals surface area contributed by atoms with Crippen LogP contribution in [0.2, 0.25) is 0 Å². The molecule has 1 amide bonds. The van der Waals surface area contributed by atoms with E-state index in [0.29, 0.717) is 17.9 Å². The molecule has 0 atom stereocenters. The van der Waals surface area contributed by atoms with Crippen LogP contribution in [0.3, 0.4) is 0 Å². The topological polar surface area (TPSA) is 42.0 Å². The van der Waals surface area contributed by atoms with E-state index in [4.69, 9.17) is 9.47 Å². The van der Waals surface area contributed by atoms with E-state index in [-0.39, 0.29) is 5.91 Å². The minimum atomic E-state index is 0.0277. The van der Waals surface area contributed by atoms with Crippen LogP contribution >= 0.6 is 0 Å². The molecule has 0 aromatic heterocycles. The third-order valence-corrected chi connectivity index (χ3v) is 4.55. The molecule has 2 aromatic carbocycles. The van der Waals surface area contributed by atoms with Gasteiger partial charge in [-0.1, -0.05) is 6.07 Å². The lowest BCUT2D eigenvalue weighted by Gasteiger charge is -2.20. The van der Waals surface area contributed by atoms with E-state index in [1.54, 1.807) is 7.11 Å². The van der Waals surface area contributed by atoms with Gasteiger partial charge < -0.3 is 19.3 Å². The fourth-order valence-corrected chi connectivity index (χ4v) is 3.25. The average molecular weight is 336 g/mol. The second kappa shape index (κ2) is 5.93. The van der Waals surface area contributed by atoms with Crippen molar-refractivity contribution in [1.82, 2.24) is 9.80 Å². The number of likely N-dealkylation sites (N-methyl/N-ethyl adjacent to an activating group) is 1. The maximum Gasteiger partial charge on any atom is 0.259 e. The third-order valence-electron chi connectivity index (χ3n) is 4.55. The minimum Gasteiger partial charge on any atom is -0.497 e. The van der Waals surface area contributed by atoms with Gasteiger partial charge in [-0.2, -0.15) is 0 Å². The van der Waals surface area contributed by atoms with Crippen molar-refractivity contribution in [2.75, 3.05) is 34.3 Å². The summed E-state index contributed by atoms with van der Waals surface area (Å²) < 4.78 is 11.5. The number of methoxy groups -OCH3 is 1. The van der Waals surface area contributed by atoms with Crippen LogP contribution < -0.4 is 9.47 Å². The van der Waals surface area contributed by atoms with Gasteiger partial charge in [0.15, 0.2) is 0 Å². The van der Waals surface area contributed by atoms with Crippen molar-refractivity contribution in [2.24, 2.45) is 0 Å². The number of amides is 1. The first kappa shape index (κ1) is 15.7. The quantitative estimate of drug-likeness (QED) is 0.859. The number of nitrogens with zero attached hydrogens (tertiary/aromatic N) is 2. The summed E-state index contributed by atoms with van der Waals surface area (Å²) in [6.45, 7) is 1.42. The zero-order chi connectivity index (χ0) is 17.6. The Morgan fingerprint density at radius 2 is 2.00 bits per heavy atom. The van der Waals surface area contributed by atoms with E-state index in [2.05, 4.69) is 4.90 Å². The summed E-state index contributed by atoms with van der Waals surface area (Å²) in [5.74, 6) is 2.26. The van der Waals surface area contributed by atoms with Gasteiger partial charge in [-0.05, 0) is 50.5 Å². The molecule has 0 spiro atoms. The van der Waals surface area contributed by atoms with Crippen LogP contribution in [0.25, 0.3) is 11.8 Å². The molecule has 5 nitrogen and oxygen atoms in total. The lowest BCUT2D eigenvalue weighted by Crippen LogP contribution is -2.31. The van der Waals surface area contributed by atoms with Crippen molar-refractivity contribution in [2.45, 2.75) is 0 Å². The van der Waals surface area contributed by atoms with Gasteiger partial charge in [-0.15, -0.1) is 0 Å².